The molecule has 1 heterocycles. The van der Waals surface area contributed by atoms with Crippen molar-refractivity contribution in [1.29, 1.82) is 0 Å². The molecule has 1 rings (SSSR count). The predicted octanol–water partition coefficient (Wildman–Crippen LogP) is 2.10. The van der Waals surface area contributed by atoms with Crippen LogP contribution >= 0.6 is 0 Å². The Labute approximate surface area is 89.1 Å². The average molecular weight is 198 g/mol. The van der Waals surface area contributed by atoms with Gasteiger partial charge in [-0.1, -0.05) is 27.7 Å². The molecule has 2 atom stereocenters. The number of nitrogens with zero attached hydrogens (tertiary/aromatic N) is 1. The van der Waals surface area contributed by atoms with Crippen molar-refractivity contribution in [3.05, 3.63) is 0 Å². The molecule has 2 nitrogen and oxygen atoms in total. The third-order valence-electron chi connectivity index (χ3n) is 3.48. The molecule has 1 saturated heterocycles. The van der Waals surface area contributed by atoms with Crippen LogP contribution in [-0.2, 0) is 0 Å². The van der Waals surface area contributed by atoms with E-state index in [1.165, 1.54) is 32.5 Å². The third kappa shape index (κ3) is 2.71. The quantitative estimate of drug-likeness (QED) is 0.744. The summed E-state index contributed by atoms with van der Waals surface area (Å²) in [5, 5.41) is 3.49. The Morgan fingerprint density at radius 2 is 2.07 bits per heavy atom. The fraction of sp³-hybridized carbons (Fsp3) is 1.00. The molecule has 14 heavy (non-hydrogen) atoms. The Bertz CT molecular complexity index is 156. The Balaban J connectivity index is 2.60. The number of hydrogen-bond acceptors (Lipinski definition) is 2. The van der Waals surface area contributed by atoms with E-state index in [9.17, 15) is 0 Å². The topological polar surface area (TPSA) is 15.3 Å². The highest BCUT2D eigenvalue weighted by Gasteiger charge is 2.27. The summed E-state index contributed by atoms with van der Waals surface area (Å²) in [5.74, 6) is 0.784. The molecule has 84 valence electrons. The van der Waals surface area contributed by atoms with Crippen LogP contribution in [0.1, 0.15) is 40.5 Å². The molecular weight excluding hydrogens is 172 g/mol. The van der Waals surface area contributed by atoms with Gasteiger partial charge >= 0.3 is 0 Å². The van der Waals surface area contributed by atoms with Crippen molar-refractivity contribution in [3.8, 4) is 0 Å². The van der Waals surface area contributed by atoms with Crippen molar-refractivity contribution in [1.82, 2.24) is 10.2 Å². The lowest BCUT2D eigenvalue weighted by Gasteiger charge is -2.42. The first-order valence-corrected chi connectivity index (χ1v) is 6.17. The molecule has 0 spiro atoms. The fourth-order valence-electron chi connectivity index (χ4n) is 2.68. The van der Waals surface area contributed by atoms with Crippen LogP contribution in [0.15, 0.2) is 0 Å². The summed E-state index contributed by atoms with van der Waals surface area (Å²) in [6, 6.07) is 1.54. The molecule has 0 aliphatic carbocycles. The largest absolute Gasteiger partial charge is 0.314 e. The van der Waals surface area contributed by atoms with Gasteiger partial charge in [0.2, 0.25) is 0 Å². The van der Waals surface area contributed by atoms with Crippen LogP contribution in [0.2, 0.25) is 0 Å². The van der Waals surface area contributed by atoms with Crippen LogP contribution in [0, 0.1) is 5.92 Å². The lowest BCUT2D eigenvalue weighted by Crippen LogP contribution is -2.56. The average Bonchev–Trinajstić information content (AvgIpc) is 2.19. The van der Waals surface area contributed by atoms with Gasteiger partial charge in [0.05, 0.1) is 0 Å². The van der Waals surface area contributed by atoms with Gasteiger partial charge in [0, 0.05) is 31.7 Å². The minimum absolute atomic E-state index is 0.760. The lowest BCUT2D eigenvalue weighted by molar-refractivity contribution is 0.0741. The van der Waals surface area contributed by atoms with Crippen LogP contribution in [0.4, 0.5) is 0 Å². The second-order valence-electron chi connectivity index (χ2n) is 4.72. The van der Waals surface area contributed by atoms with E-state index < -0.39 is 0 Å². The molecule has 1 aliphatic rings. The third-order valence-corrected chi connectivity index (χ3v) is 3.48. The summed E-state index contributed by atoms with van der Waals surface area (Å²) in [6.45, 7) is 12.9. The zero-order chi connectivity index (χ0) is 10.6. The van der Waals surface area contributed by atoms with Gasteiger partial charge in [0.15, 0.2) is 0 Å². The highest BCUT2D eigenvalue weighted by atomic mass is 15.2. The molecule has 0 saturated carbocycles. The molecule has 0 aromatic carbocycles. The summed E-state index contributed by atoms with van der Waals surface area (Å²) in [5.41, 5.74) is 0. The first-order valence-electron chi connectivity index (χ1n) is 6.17. The Morgan fingerprint density at radius 3 is 2.57 bits per heavy atom. The molecule has 0 aromatic heterocycles. The van der Waals surface area contributed by atoms with E-state index in [1.807, 2.05) is 0 Å². The van der Waals surface area contributed by atoms with Gasteiger partial charge in [-0.05, 0) is 18.8 Å². The van der Waals surface area contributed by atoms with Crippen molar-refractivity contribution in [2.24, 2.45) is 5.92 Å². The van der Waals surface area contributed by atoms with Gasteiger partial charge in [-0.15, -0.1) is 0 Å². The fourth-order valence-corrected chi connectivity index (χ4v) is 2.68. The van der Waals surface area contributed by atoms with Crippen LogP contribution in [-0.4, -0.2) is 36.6 Å². The summed E-state index contributed by atoms with van der Waals surface area (Å²) in [7, 11) is 0. The maximum Gasteiger partial charge on any atom is 0.0221 e. The number of rotatable bonds is 4. The molecule has 1 aliphatic heterocycles. The van der Waals surface area contributed by atoms with Gasteiger partial charge < -0.3 is 5.32 Å². The second-order valence-corrected chi connectivity index (χ2v) is 4.72. The van der Waals surface area contributed by atoms with Crippen LogP contribution in [0.3, 0.4) is 0 Å². The van der Waals surface area contributed by atoms with E-state index in [2.05, 4.69) is 37.9 Å². The maximum atomic E-state index is 3.49. The minimum Gasteiger partial charge on any atom is -0.314 e. The first kappa shape index (κ1) is 12.0. The standard InChI is InChI=1S/C12H26N2/c1-5-11-9-13-7-8-14(11)12(6-2)10(3)4/h10-13H,5-9H2,1-4H3. The minimum atomic E-state index is 0.760. The van der Waals surface area contributed by atoms with Crippen LogP contribution in [0.25, 0.3) is 0 Å². The number of nitrogens with one attached hydrogen (secondary N) is 1. The molecule has 2 unspecified atom stereocenters. The van der Waals surface area contributed by atoms with E-state index in [-0.39, 0.29) is 0 Å². The van der Waals surface area contributed by atoms with Crippen molar-refractivity contribution >= 4 is 0 Å². The SMILES string of the molecule is CCC1CNCCN1C(CC)C(C)C. The highest BCUT2D eigenvalue weighted by molar-refractivity contribution is 4.85. The van der Waals surface area contributed by atoms with Gasteiger partial charge in [-0.25, -0.2) is 0 Å². The molecule has 2 heteroatoms. The molecule has 0 radical (unpaired) electrons. The Morgan fingerprint density at radius 1 is 1.36 bits per heavy atom. The first-order chi connectivity index (χ1) is 6.70. The van der Waals surface area contributed by atoms with Crippen molar-refractivity contribution < 1.29 is 0 Å². The highest BCUT2D eigenvalue weighted by Crippen LogP contribution is 2.19. The van der Waals surface area contributed by atoms with E-state index >= 15 is 0 Å². The summed E-state index contributed by atoms with van der Waals surface area (Å²) >= 11 is 0. The predicted molar refractivity (Wildman–Crippen MR) is 62.6 cm³/mol. The molecule has 0 amide bonds. The Hall–Kier alpha value is -0.0800. The van der Waals surface area contributed by atoms with E-state index in [0.717, 1.165) is 18.0 Å². The van der Waals surface area contributed by atoms with Gasteiger partial charge in [-0.3, -0.25) is 4.90 Å². The van der Waals surface area contributed by atoms with Crippen LogP contribution in [0.5, 0.6) is 0 Å². The molecule has 0 bridgehead atoms. The lowest BCUT2D eigenvalue weighted by atomic mass is 9.96. The van der Waals surface area contributed by atoms with Crippen molar-refractivity contribution in [3.63, 3.8) is 0 Å². The molecule has 1 fully saturated rings. The number of hydrogen-bond donors (Lipinski definition) is 1. The van der Waals surface area contributed by atoms with E-state index in [1.54, 1.807) is 0 Å². The molecule has 0 aromatic rings. The smallest absolute Gasteiger partial charge is 0.0221 e. The Kier molecular flexibility index (Phi) is 4.90. The zero-order valence-electron chi connectivity index (χ0n) is 10.2. The van der Waals surface area contributed by atoms with Crippen molar-refractivity contribution in [2.75, 3.05) is 19.6 Å². The maximum absolute atomic E-state index is 3.49. The van der Waals surface area contributed by atoms with Crippen molar-refractivity contribution in [2.45, 2.75) is 52.6 Å². The van der Waals surface area contributed by atoms with Gasteiger partial charge in [0.1, 0.15) is 0 Å². The van der Waals surface area contributed by atoms with Crippen LogP contribution < -0.4 is 5.32 Å². The monoisotopic (exact) mass is 198 g/mol. The number of piperazine rings is 1. The van der Waals surface area contributed by atoms with E-state index in [0.29, 0.717) is 0 Å². The zero-order valence-corrected chi connectivity index (χ0v) is 10.2. The second kappa shape index (κ2) is 5.72. The molecular formula is C12H26N2. The molecule has 1 N–H and O–H groups in total. The summed E-state index contributed by atoms with van der Waals surface area (Å²) < 4.78 is 0. The van der Waals surface area contributed by atoms with E-state index in [4.69, 9.17) is 0 Å². The normalized spacial score (nSPS) is 26.8. The van der Waals surface area contributed by atoms with Gasteiger partial charge in [0.25, 0.3) is 0 Å². The summed E-state index contributed by atoms with van der Waals surface area (Å²) in [4.78, 5) is 2.72. The summed E-state index contributed by atoms with van der Waals surface area (Å²) in [6.07, 6.45) is 2.56. The van der Waals surface area contributed by atoms with Gasteiger partial charge in [-0.2, -0.15) is 0 Å².